The van der Waals surface area contributed by atoms with Gasteiger partial charge in [-0.1, -0.05) is 12.1 Å². The molecule has 0 spiro atoms. The zero-order chi connectivity index (χ0) is 17.2. The summed E-state index contributed by atoms with van der Waals surface area (Å²) >= 11 is 1.41. The van der Waals surface area contributed by atoms with Crippen LogP contribution in [0.5, 0.6) is 0 Å². The third-order valence-corrected chi connectivity index (χ3v) is 5.10. The van der Waals surface area contributed by atoms with Crippen molar-refractivity contribution in [3.63, 3.8) is 0 Å². The van der Waals surface area contributed by atoms with Gasteiger partial charge in [-0.3, -0.25) is 14.8 Å². The van der Waals surface area contributed by atoms with Crippen LogP contribution in [0.25, 0.3) is 10.7 Å². The van der Waals surface area contributed by atoms with Gasteiger partial charge in [0.25, 0.3) is 5.91 Å². The average molecular weight is 351 g/mol. The van der Waals surface area contributed by atoms with Crippen LogP contribution < -0.4 is 9.80 Å². The molecule has 0 bridgehead atoms. The van der Waals surface area contributed by atoms with Gasteiger partial charge >= 0.3 is 0 Å². The fourth-order valence-electron chi connectivity index (χ4n) is 3.00. The van der Waals surface area contributed by atoms with Crippen LogP contribution in [-0.4, -0.2) is 40.5 Å². The summed E-state index contributed by atoms with van der Waals surface area (Å²) in [6.45, 7) is 4.52. The number of likely N-dealkylation sites (N-methyl/N-ethyl adjacent to an activating group) is 1. The average Bonchev–Trinajstić information content (AvgIpc) is 3.17. The molecule has 1 aromatic carbocycles. The van der Waals surface area contributed by atoms with E-state index in [2.05, 4.69) is 32.8 Å². The van der Waals surface area contributed by atoms with Crippen molar-refractivity contribution in [2.24, 2.45) is 0 Å². The molecule has 0 fully saturated rings. The van der Waals surface area contributed by atoms with Crippen molar-refractivity contribution in [2.45, 2.75) is 6.92 Å². The molecule has 4 rings (SSSR count). The molecule has 6 nitrogen and oxygen atoms in total. The summed E-state index contributed by atoms with van der Waals surface area (Å²) in [6.07, 6.45) is 4.90. The quantitative estimate of drug-likeness (QED) is 0.726. The van der Waals surface area contributed by atoms with E-state index >= 15 is 0 Å². The maximum Gasteiger partial charge on any atom is 0.277 e. The summed E-state index contributed by atoms with van der Waals surface area (Å²) in [5.74, 6) is -0.0745. The van der Waals surface area contributed by atoms with E-state index in [0.29, 0.717) is 22.9 Å². The van der Waals surface area contributed by atoms with Crippen molar-refractivity contribution in [3.8, 4) is 10.7 Å². The number of nitrogens with zero attached hydrogens (tertiary/aromatic N) is 5. The van der Waals surface area contributed by atoms with Gasteiger partial charge in [-0.15, -0.1) is 11.3 Å². The van der Waals surface area contributed by atoms with E-state index in [1.807, 2.05) is 23.1 Å². The topological polar surface area (TPSA) is 62.2 Å². The fourth-order valence-corrected chi connectivity index (χ4v) is 3.75. The molecule has 0 unspecified atom stereocenters. The minimum Gasteiger partial charge on any atom is -0.368 e. The fraction of sp³-hybridized carbons (Fsp3) is 0.222. The molecule has 25 heavy (non-hydrogen) atoms. The van der Waals surface area contributed by atoms with Crippen LogP contribution in [0, 0.1) is 0 Å². The first-order valence-corrected chi connectivity index (χ1v) is 9.03. The Morgan fingerprint density at radius 3 is 2.80 bits per heavy atom. The minimum absolute atomic E-state index is 0.0745. The zero-order valence-corrected chi connectivity index (χ0v) is 14.6. The molecule has 1 aliphatic heterocycles. The van der Waals surface area contributed by atoms with Crippen molar-refractivity contribution >= 4 is 28.6 Å². The molecule has 3 aromatic rings. The minimum atomic E-state index is -0.0745. The standard InChI is InChI=1S/C18H17N5OS/c1-2-22-9-10-23(16-6-4-3-5-15(16)22)18(24)14-12-25-17(21-14)13-11-19-7-8-20-13/h3-8,11-12H,2,9-10H2,1H3. The second-order valence-electron chi connectivity index (χ2n) is 5.65. The first-order valence-electron chi connectivity index (χ1n) is 8.15. The molecule has 1 amide bonds. The molecule has 0 atom stereocenters. The van der Waals surface area contributed by atoms with Gasteiger partial charge in [-0.25, -0.2) is 4.98 Å². The van der Waals surface area contributed by atoms with E-state index in [1.165, 1.54) is 11.3 Å². The highest BCUT2D eigenvalue weighted by Crippen LogP contribution is 2.34. The van der Waals surface area contributed by atoms with Crippen molar-refractivity contribution in [3.05, 3.63) is 53.9 Å². The number of hydrogen-bond acceptors (Lipinski definition) is 6. The lowest BCUT2D eigenvalue weighted by atomic mass is 10.1. The third kappa shape index (κ3) is 2.87. The van der Waals surface area contributed by atoms with Crippen LogP contribution in [-0.2, 0) is 0 Å². The molecular weight excluding hydrogens is 334 g/mol. The van der Waals surface area contributed by atoms with Crippen molar-refractivity contribution in [1.29, 1.82) is 0 Å². The Labute approximate surface area is 149 Å². The van der Waals surface area contributed by atoms with Crippen LogP contribution in [0.15, 0.2) is 48.2 Å². The Morgan fingerprint density at radius 1 is 1.20 bits per heavy atom. The lowest BCUT2D eigenvalue weighted by Crippen LogP contribution is -2.44. The molecule has 0 saturated carbocycles. The number of hydrogen-bond donors (Lipinski definition) is 0. The van der Waals surface area contributed by atoms with E-state index in [1.54, 1.807) is 24.0 Å². The maximum absolute atomic E-state index is 13.0. The van der Waals surface area contributed by atoms with Crippen LogP contribution in [0.2, 0.25) is 0 Å². The number of anilines is 2. The normalized spacial score (nSPS) is 13.6. The molecule has 1 aliphatic rings. The largest absolute Gasteiger partial charge is 0.368 e. The number of benzene rings is 1. The predicted molar refractivity (Wildman–Crippen MR) is 99.1 cm³/mol. The van der Waals surface area contributed by atoms with Gasteiger partial charge in [0.1, 0.15) is 16.4 Å². The number of thiazole rings is 1. The number of fused-ring (bicyclic) bond motifs is 1. The summed E-state index contributed by atoms with van der Waals surface area (Å²) in [6, 6.07) is 8.02. The van der Waals surface area contributed by atoms with E-state index in [0.717, 1.165) is 24.5 Å². The number of rotatable bonds is 3. The monoisotopic (exact) mass is 351 g/mol. The Bertz CT molecular complexity index is 895. The van der Waals surface area contributed by atoms with E-state index in [9.17, 15) is 4.79 Å². The lowest BCUT2D eigenvalue weighted by Gasteiger charge is -2.36. The van der Waals surface area contributed by atoms with Crippen molar-refractivity contribution in [2.75, 3.05) is 29.4 Å². The van der Waals surface area contributed by atoms with Gasteiger partial charge in [0.15, 0.2) is 0 Å². The number of amides is 1. The van der Waals surface area contributed by atoms with Gasteiger partial charge in [-0.2, -0.15) is 0 Å². The number of aromatic nitrogens is 3. The van der Waals surface area contributed by atoms with Gasteiger partial charge in [0.05, 0.1) is 17.6 Å². The SMILES string of the molecule is CCN1CCN(C(=O)c2csc(-c3cnccn3)n2)c2ccccc21. The molecule has 0 radical (unpaired) electrons. The first-order chi connectivity index (χ1) is 12.3. The summed E-state index contributed by atoms with van der Waals surface area (Å²) in [5, 5.41) is 2.50. The highest BCUT2D eigenvalue weighted by molar-refractivity contribution is 7.13. The van der Waals surface area contributed by atoms with Crippen LogP contribution in [0.1, 0.15) is 17.4 Å². The summed E-state index contributed by atoms with van der Waals surface area (Å²) < 4.78 is 0. The van der Waals surface area contributed by atoms with Gasteiger partial charge < -0.3 is 9.80 Å². The molecule has 0 saturated heterocycles. The van der Waals surface area contributed by atoms with E-state index in [4.69, 9.17) is 0 Å². The summed E-state index contributed by atoms with van der Waals surface area (Å²) in [4.78, 5) is 29.9. The smallest absolute Gasteiger partial charge is 0.277 e. The maximum atomic E-state index is 13.0. The van der Waals surface area contributed by atoms with Crippen LogP contribution in [0.3, 0.4) is 0 Å². The van der Waals surface area contributed by atoms with Gasteiger partial charge in [-0.05, 0) is 19.1 Å². The van der Waals surface area contributed by atoms with E-state index in [-0.39, 0.29) is 5.91 Å². The zero-order valence-electron chi connectivity index (χ0n) is 13.8. The first kappa shape index (κ1) is 15.7. The molecule has 2 aromatic heterocycles. The molecule has 0 N–H and O–H groups in total. The molecule has 3 heterocycles. The van der Waals surface area contributed by atoms with Crippen molar-refractivity contribution < 1.29 is 4.79 Å². The van der Waals surface area contributed by atoms with Gasteiger partial charge in [0.2, 0.25) is 0 Å². The second-order valence-corrected chi connectivity index (χ2v) is 6.51. The van der Waals surface area contributed by atoms with E-state index < -0.39 is 0 Å². The molecule has 126 valence electrons. The van der Waals surface area contributed by atoms with Crippen LogP contribution >= 0.6 is 11.3 Å². The third-order valence-electron chi connectivity index (χ3n) is 4.24. The number of carbonyl (C=O) groups is 1. The van der Waals surface area contributed by atoms with Crippen LogP contribution in [0.4, 0.5) is 11.4 Å². The summed E-state index contributed by atoms with van der Waals surface area (Å²) in [5.41, 5.74) is 3.16. The molecule has 7 heteroatoms. The Balaban J connectivity index is 1.65. The van der Waals surface area contributed by atoms with Crippen molar-refractivity contribution in [1.82, 2.24) is 15.0 Å². The highest BCUT2D eigenvalue weighted by atomic mass is 32.1. The second kappa shape index (κ2) is 6.60. The molecular formula is C18H17N5OS. The molecule has 0 aliphatic carbocycles. The number of para-hydroxylation sites is 2. The Kier molecular flexibility index (Phi) is 4.15. The Hall–Kier alpha value is -2.80. The highest BCUT2D eigenvalue weighted by Gasteiger charge is 2.28. The Morgan fingerprint density at radius 2 is 2.04 bits per heavy atom. The lowest BCUT2D eigenvalue weighted by molar-refractivity contribution is 0.0982. The summed E-state index contributed by atoms with van der Waals surface area (Å²) in [7, 11) is 0. The number of carbonyl (C=O) groups excluding carboxylic acids is 1. The predicted octanol–water partition coefficient (Wildman–Crippen LogP) is 3.09. The van der Waals surface area contributed by atoms with Gasteiger partial charge in [0, 0.05) is 37.4 Å².